The summed E-state index contributed by atoms with van der Waals surface area (Å²) in [5.74, 6) is 0.806. The van der Waals surface area contributed by atoms with Crippen molar-refractivity contribution >= 4 is 17.1 Å². The first-order valence-corrected chi connectivity index (χ1v) is 9.11. The summed E-state index contributed by atoms with van der Waals surface area (Å²) < 4.78 is 6.98. The third kappa shape index (κ3) is 3.66. The van der Waals surface area contributed by atoms with E-state index in [4.69, 9.17) is 4.74 Å². The number of para-hydroxylation sites is 1. The summed E-state index contributed by atoms with van der Waals surface area (Å²) in [6.07, 6.45) is 3.17. The maximum atomic E-state index is 11.1. The highest BCUT2D eigenvalue weighted by molar-refractivity contribution is 5.74. The molecule has 0 aliphatic rings. The third-order valence-electron chi connectivity index (χ3n) is 4.73. The van der Waals surface area contributed by atoms with Gasteiger partial charge in [-0.1, -0.05) is 72.0 Å². The lowest BCUT2D eigenvalue weighted by Gasteiger charge is -2.21. The summed E-state index contributed by atoms with van der Waals surface area (Å²) in [6.45, 7) is 0. The van der Waals surface area contributed by atoms with Crippen LogP contribution < -0.4 is 4.74 Å². The number of aliphatic hydroxyl groups excluding tert-OH is 1. The number of rotatable bonds is 6. The number of methoxy groups -OCH3 is 1. The number of hydrogen-bond acceptors (Lipinski definition) is 4. The van der Waals surface area contributed by atoms with Crippen molar-refractivity contribution in [1.82, 2.24) is 15.0 Å². The lowest BCUT2D eigenvalue weighted by atomic mass is 10.0. The summed E-state index contributed by atoms with van der Waals surface area (Å²) in [4.78, 5) is 0. The van der Waals surface area contributed by atoms with Gasteiger partial charge >= 0.3 is 0 Å². The molecule has 1 N–H and O–H groups in total. The van der Waals surface area contributed by atoms with Crippen molar-refractivity contribution in [1.29, 1.82) is 0 Å². The van der Waals surface area contributed by atoms with E-state index in [-0.39, 0.29) is 0 Å². The SMILES string of the molecule is COc1ccc(/C=C/C(C(O)c2ccccc2)n2nnc3ccccc32)cc1. The predicted molar refractivity (Wildman–Crippen MR) is 110 cm³/mol. The van der Waals surface area contributed by atoms with Crippen molar-refractivity contribution in [2.45, 2.75) is 12.1 Å². The van der Waals surface area contributed by atoms with Gasteiger partial charge in [-0.25, -0.2) is 4.68 Å². The molecule has 5 heteroatoms. The minimum atomic E-state index is -0.763. The minimum Gasteiger partial charge on any atom is -0.497 e. The van der Waals surface area contributed by atoms with Crippen LogP contribution in [0.3, 0.4) is 0 Å². The fourth-order valence-corrected chi connectivity index (χ4v) is 3.20. The lowest BCUT2D eigenvalue weighted by molar-refractivity contribution is 0.130. The van der Waals surface area contributed by atoms with Gasteiger partial charge in [0, 0.05) is 0 Å². The molecule has 2 atom stereocenters. The first-order chi connectivity index (χ1) is 13.8. The molecule has 5 nitrogen and oxygen atoms in total. The van der Waals surface area contributed by atoms with E-state index in [1.54, 1.807) is 11.8 Å². The van der Waals surface area contributed by atoms with E-state index < -0.39 is 12.1 Å². The van der Waals surface area contributed by atoms with Crippen molar-refractivity contribution in [2.75, 3.05) is 7.11 Å². The molecule has 0 saturated heterocycles. The number of benzene rings is 3. The molecule has 4 aromatic rings. The molecule has 0 bridgehead atoms. The van der Waals surface area contributed by atoms with Crippen molar-refractivity contribution in [3.8, 4) is 5.75 Å². The molecule has 1 heterocycles. The van der Waals surface area contributed by atoms with Gasteiger partial charge in [-0.2, -0.15) is 0 Å². The van der Waals surface area contributed by atoms with Crippen LogP contribution in [-0.4, -0.2) is 27.2 Å². The number of ether oxygens (including phenoxy) is 1. The molecular weight excluding hydrogens is 350 g/mol. The zero-order valence-electron chi connectivity index (χ0n) is 15.5. The van der Waals surface area contributed by atoms with Gasteiger partial charge in [0.25, 0.3) is 0 Å². The normalized spacial score (nSPS) is 13.6. The van der Waals surface area contributed by atoms with Crippen LogP contribution >= 0.6 is 0 Å². The van der Waals surface area contributed by atoms with E-state index in [2.05, 4.69) is 10.3 Å². The molecule has 1 aromatic heterocycles. The number of fused-ring (bicyclic) bond motifs is 1. The molecular formula is C23H21N3O2. The van der Waals surface area contributed by atoms with Crippen molar-refractivity contribution in [3.63, 3.8) is 0 Å². The maximum absolute atomic E-state index is 11.1. The molecule has 0 spiro atoms. The van der Waals surface area contributed by atoms with Crippen LogP contribution in [0.5, 0.6) is 5.75 Å². The quantitative estimate of drug-likeness (QED) is 0.545. The van der Waals surface area contributed by atoms with Gasteiger partial charge in [0.05, 0.1) is 12.6 Å². The molecule has 2 unspecified atom stereocenters. The van der Waals surface area contributed by atoms with E-state index >= 15 is 0 Å². The topological polar surface area (TPSA) is 60.2 Å². The Bertz CT molecular complexity index is 1070. The summed E-state index contributed by atoms with van der Waals surface area (Å²) in [5.41, 5.74) is 3.51. The molecule has 0 aliphatic carbocycles. The van der Waals surface area contributed by atoms with Gasteiger partial charge in [-0.05, 0) is 35.4 Å². The van der Waals surface area contributed by atoms with Gasteiger partial charge in [-0.15, -0.1) is 5.10 Å². The third-order valence-corrected chi connectivity index (χ3v) is 4.73. The predicted octanol–water partition coefficient (Wildman–Crippen LogP) is 4.43. The number of aliphatic hydroxyl groups is 1. The van der Waals surface area contributed by atoms with E-state index in [0.717, 1.165) is 27.9 Å². The van der Waals surface area contributed by atoms with E-state index in [1.165, 1.54) is 0 Å². The van der Waals surface area contributed by atoms with Crippen molar-refractivity contribution < 1.29 is 9.84 Å². The highest BCUT2D eigenvalue weighted by Crippen LogP contribution is 2.30. The van der Waals surface area contributed by atoms with E-state index in [9.17, 15) is 5.11 Å². The van der Waals surface area contributed by atoms with Gasteiger partial charge in [0.1, 0.15) is 23.4 Å². The molecule has 0 fully saturated rings. The molecule has 3 aromatic carbocycles. The molecule has 0 amide bonds. The van der Waals surface area contributed by atoms with Gasteiger partial charge in [0.2, 0.25) is 0 Å². The Morgan fingerprint density at radius 1 is 0.929 bits per heavy atom. The second-order valence-corrected chi connectivity index (χ2v) is 6.50. The first-order valence-electron chi connectivity index (χ1n) is 9.11. The smallest absolute Gasteiger partial charge is 0.118 e. The van der Waals surface area contributed by atoms with Crippen LogP contribution in [0.15, 0.2) is 84.9 Å². The Morgan fingerprint density at radius 3 is 2.39 bits per heavy atom. The van der Waals surface area contributed by atoms with Gasteiger partial charge < -0.3 is 9.84 Å². The Balaban J connectivity index is 1.73. The average molecular weight is 371 g/mol. The Labute approximate surface area is 163 Å². The fourth-order valence-electron chi connectivity index (χ4n) is 3.20. The molecule has 28 heavy (non-hydrogen) atoms. The standard InChI is InChI=1S/C23H21N3O2/c1-28-19-14-11-17(12-15-19)13-16-22(23(27)18-7-3-2-4-8-18)26-21-10-6-5-9-20(21)24-25-26/h2-16,22-23,27H,1H3/b16-13+. The Hall–Kier alpha value is -3.44. The zero-order chi connectivity index (χ0) is 19.3. The van der Waals surface area contributed by atoms with Crippen LogP contribution in [-0.2, 0) is 0 Å². The summed E-state index contributed by atoms with van der Waals surface area (Å²) in [6, 6.07) is 24.7. The maximum Gasteiger partial charge on any atom is 0.118 e. The Kier molecular flexibility index (Phi) is 5.17. The second-order valence-electron chi connectivity index (χ2n) is 6.50. The summed E-state index contributed by atoms with van der Waals surface area (Å²) in [5, 5.41) is 19.7. The van der Waals surface area contributed by atoms with Crippen LogP contribution in [0.1, 0.15) is 23.3 Å². The summed E-state index contributed by atoms with van der Waals surface area (Å²) >= 11 is 0. The number of aromatic nitrogens is 3. The second kappa shape index (κ2) is 8.06. The monoisotopic (exact) mass is 371 g/mol. The number of nitrogens with zero attached hydrogens (tertiary/aromatic N) is 3. The molecule has 0 aliphatic heterocycles. The van der Waals surface area contributed by atoms with Gasteiger partial charge in [0.15, 0.2) is 0 Å². The molecule has 0 radical (unpaired) electrons. The van der Waals surface area contributed by atoms with Crippen LogP contribution in [0, 0.1) is 0 Å². The first kappa shape index (κ1) is 17.9. The van der Waals surface area contributed by atoms with Gasteiger partial charge in [-0.3, -0.25) is 0 Å². The highest BCUT2D eigenvalue weighted by Gasteiger charge is 2.23. The number of hydrogen-bond donors (Lipinski definition) is 1. The highest BCUT2D eigenvalue weighted by atomic mass is 16.5. The molecule has 4 rings (SSSR count). The average Bonchev–Trinajstić information content (AvgIpc) is 3.19. The van der Waals surface area contributed by atoms with Crippen LogP contribution in [0.25, 0.3) is 17.1 Å². The van der Waals surface area contributed by atoms with E-state index in [0.29, 0.717) is 0 Å². The van der Waals surface area contributed by atoms with Crippen LogP contribution in [0.2, 0.25) is 0 Å². The van der Waals surface area contributed by atoms with Crippen LogP contribution in [0.4, 0.5) is 0 Å². The van der Waals surface area contributed by atoms with E-state index in [1.807, 2.05) is 91.0 Å². The summed E-state index contributed by atoms with van der Waals surface area (Å²) in [7, 11) is 1.65. The zero-order valence-corrected chi connectivity index (χ0v) is 15.5. The Morgan fingerprint density at radius 2 is 1.64 bits per heavy atom. The largest absolute Gasteiger partial charge is 0.497 e. The van der Waals surface area contributed by atoms with Crippen molar-refractivity contribution in [2.24, 2.45) is 0 Å². The van der Waals surface area contributed by atoms with Crippen molar-refractivity contribution in [3.05, 3.63) is 96.1 Å². The fraction of sp³-hybridized carbons (Fsp3) is 0.130. The molecule has 140 valence electrons. The lowest BCUT2D eigenvalue weighted by Crippen LogP contribution is -2.17. The minimum absolute atomic E-state index is 0.406. The molecule has 0 saturated carbocycles.